The molecule has 1 atom stereocenters. The van der Waals surface area contributed by atoms with Crippen LogP contribution in [0.15, 0.2) is 60.7 Å². The number of nitrogens with zero attached hydrogens (tertiary/aromatic N) is 1. The number of carbonyl (C=O) groups excluding carboxylic acids is 4. The van der Waals surface area contributed by atoms with Crippen molar-refractivity contribution in [3.8, 4) is 11.5 Å². The molecule has 254 valence electrons. The Morgan fingerprint density at radius 1 is 0.854 bits per heavy atom. The summed E-state index contributed by atoms with van der Waals surface area (Å²) in [7, 11) is 0. The Kier molecular flexibility index (Phi) is 11.1. The van der Waals surface area contributed by atoms with Crippen LogP contribution in [0.4, 0.5) is 4.79 Å². The van der Waals surface area contributed by atoms with Crippen molar-refractivity contribution < 1.29 is 38.1 Å². The fraction of sp³-hybridized carbons (Fsp3) is 0.421. The minimum atomic E-state index is -1.05. The van der Waals surface area contributed by atoms with Crippen molar-refractivity contribution in [2.45, 2.75) is 84.4 Å². The maximum Gasteiger partial charge on any atom is 0.313 e. The lowest BCUT2D eigenvalue weighted by Gasteiger charge is -2.39. The summed E-state index contributed by atoms with van der Waals surface area (Å²) in [6, 6.07) is 18.6. The largest absolute Gasteiger partial charge is 0.476 e. The number of thioether (sulfide) groups is 1. The Hall–Kier alpha value is -4.31. The topological polar surface area (TPSA) is 108 Å². The molecule has 5 rings (SSSR count). The summed E-state index contributed by atoms with van der Waals surface area (Å²) in [6.07, 6.45) is 1.37. The van der Waals surface area contributed by atoms with E-state index in [2.05, 4.69) is 0 Å². The molecule has 0 bridgehead atoms. The Morgan fingerprint density at radius 2 is 1.40 bits per heavy atom. The van der Waals surface area contributed by atoms with Crippen molar-refractivity contribution in [2.24, 2.45) is 5.92 Å². The van der Waals surface area contributed by atoms with Gasteiger partial charge in [0, 0.05) is 37.9 Å². The minimum Gasteiger partial charge on any atom is -0.476 e. The van der Waals surface area contributed by atoms with Gasteiger partial charge in [-0.1, -0.05) is 60.7 Å². The zero-order valence-electron chi connectivity index (χ0n) is 28.2. The Labute approximate surface area is 286 Å². The molecule has 9 nitrogen and oxygen atoms in total. The number of hydrogen-bond donors (Lipinski definition) is 0. The monoisotopic (exact) mass is 673 g/mol. The molecule has 2 aliphatic rings. The molecule has 1 unspecified atom stereocenters. The predicted molar refractivity (Wildman–Crippen MR) is 183 cm³/mol. The van der Waals surface area contributed by atoms with E-state index in [9.17, 15) is 19.2 Å². The molecule has 48 heavy (non-hydrogen) atoms. The van der Waals surface area contributed by atoms with Crippen molar-refractivity contribution in [2.75, 3.05) is 13.1 Å². The van der Waals surface area contributed by atoms with Crippen LogP contribution < -0.4 is 9.47 Å². The molecule has 1 fully saturated rings. The van der Waals surface area contributed by atoms with E-state index in [0.717, 1.165) is 39.1 Å². The minimum absolute atomic E-state index is 0.0623. The van der Waals surface area contributed by atoms with Gasteiger partial charge in [-0.15, -0.1) is 0 Å². The number of fused-ring (bicyclic) bond motifs is 1. The van der Waals surface area contributed by atoms with Crippen LogP contribution in [0, 0.1) is 26.7 Å². The highest BCUT2D eigenvalue weighted by Crippen LogP contribution is 2.47. The summed E-state index contributed by atoms with van der Waals surface area (Å²) in [6.45, 7) is 9.96. The van der Waals surface area contributed by atoms with Gasteiger partial charge in [-0.05, 0) is 86.5 Å². The molecule has 0 N–H and O–H groups in total. The number of amides is 1. The lowest BCUT2D eigenvalue weighted by atomic mass is 9.91. The molecule has 0 radical (unpaired) electrons. The maximum absolute atomic E-state index is 13.6. The summed E-state index contributed by atoms with van der Waals surface area (Å²) in [5, 5.41) is -0.0966. The van der Waals surface area contributed by atoms with Crippen molar-refractivity contribution >= 4 is 34.9 Å². The molecular weight excluding hydrogens is 630 g/mol. The van der Waals surface area contributed by atoms with Gasteiger partial charge in [0.15, 0.2) is 4.93 Å². The standard InChI is InChI=1S/C38H43NO8S/c1-24-25(2)35-31(26(3)34(24)44-27(4)40)16-19-38(5,47-35)48-37(43)39-20-17-30(18-21-39)36(45-32(41)22-28-12-8-6-9-13-28)46-33(42)23-29-14-10-7-11-15-29/h6-15,30,36H,16-23H2,1-5H3. The third-order valence-corrected chi connectivity index (χ3v) is 10.2. The normalized spacial score (nSPS) is 17.7. The molecule has 1 amide bonds. The molecule has 0 spiro atoms. The Morgan fingerprint density at radius 3 is 1.92 bits per heavy atom. The van der Waals surface area contributed by atoms with Gasteiger partial charge in [-0.2, -0.15) is 0 Å². The molecule has 3 aromatic rings. The van der Waals surface area contributed by atoms with E-state index in [1.54, 1.807) is 4.90 Å². The summed E-state index contributed by atoms with van der Waals surface area (Å²) >= 11 is 1.17. The van der Waals surface area contributed by atoms with Crippen LogP contribution in [0.1, 0.15) is 66.5 Å². The molecule has 2 heterocycles. The molecule has 0 aromatic heterocycles. The number of esters is 3. The average molecular weight is 674 g/mol. The number of ether oxygens (including phenoxy) is 4. The van der Waals surface area contributed by atoms with Crippen LogP contribution in [0.5, 0.6) is 11.5 Å². The second-order valence-electron chi connectivity index (χ2n) is 12.7. The third kappa shape index (κ3) is 8.58. The zero-order chi connectivity index (χ0) is 34.4. The average Bonchev–Trinajstić information content (AvgIpc) is 3.06. The highest BCUT2D eigenvalue weighted by atomic mass is 32.2. The lowest BCUT2D eigenvalue weighted by molar-refractivity contribution is -0.199. The number of benzene rings is 3. The number of carbonyl (C=O) groups is 4. The molecule has 3 aromatic carbocycles. The van der Waals surface area contributed by atoms with E-state index >= 15 is 0 Å². The molecular formula is C38H43NO8S. The van der Waals surface area contributed by atoms with Gasteiger partial charge in [0.1, 0.15) is 11.5 Å². The van der Waals surface area contributed by atoms with Gasteiger partial charge in [0.05, 0.1) is 12.8 Å². The number of rotatable bonds is 9. The van der Waals surface area contributed by atoms with Crippen molar-refractivity contribution in [1.29, 1.82) is 0 Å². The summed E-state index contributed by atoms with van der Waals surface area (Å²) in [4.78, 5) is 52.2. The van der Waals surface area contributed by atoms with Crippen molar-refractivity contribution in [3.05, 3.63) is 94.0 Å². The zero-order valence-corrected chi connectivity index (χ0v) is 29.0. The van der Waals surface area contributed by atoms with Gasteiger partial charge in [-0.3, -0.25) is 19.2 Å². The van der Waals surface area contributed by atoms with Crippen LogP contribution in [0.2, 0.25) is 0 Å². The van der Waals surface area contributed by atoms with E-state index in [0.29, 0.717) is 44.5 Å². The number of likely N-dealkylation sites (tertiary alicyclic amines) is 1. The lowest BCUT2D eigenvalue weighted by Crippen LogP contribution is -2.44. The van der Waals surface area contributed by atoms with Crippen LogP contribution in [-0.2, 0) is 43.1 Å². The quantitative estimate of drug-likeness (QED) is 0.134. The summed E-state index contributed by atoms with van der Waals surface area (Å²) in [5.41, 5.74) is 5.22. The first kappa shape index (κ1) is 35.0. The van der Waals surface area contributed by atoms with E-state index in [1.807, 2.05) is 88.4 Å². The smallest absolute Gasteiger partial charge is 0.313 e. The van der Waals surface area contributed by atoms with Gasteiger partial charge < -0.3 is 23.8 Å². The Bertz CT molecular complexity index is 1600. The first-order valence-corrected chi connectivity index (χ1v) is 17.2. The molecule has 0 aliphatic carbocycles. The van der Waals surface area contributed by atoms with E-state index in [4.69, 9.17) is 18.9 Å². The second-order valence-corrected chi connectivity index (χ2v) is 14.1. The third-order valence-electron chi connectivity index (χ3n) is 9.07. The van der Waals surface area contributed by atoms with Crippen LogP contribution in [-0.4, -0.2) is 52.4 Å². The first-order chi connectivity index (χ1) is 22.9. The van der Waals surface area contributed by atoms with Crippen LogP contribution in [0.3, 0.4) is 0 Å². The molecule has 0 saturated carbocycles. The van der Waals surface area contributed by atoms with Gasteiger partial charge in [-0.25, -0.2) is 0 Å². The van der Waals surface area contributed by atoms with Crippen molar-refractivity contribution in [3.63, 3.8) is 0 Å². The summed E-state index contributed by atoms with van der Waals surface area (Å²) in [5.74, 6) is -0.258. The number of piperidine rings is 1. The fourth-order valence-corrected chi connectivity index (χ4v) is 7.28. The molecule has 10 heteroatoms. The summed E-state index contributed by atoms with van der Waals surface area (Å²) < 4.78 is 23.6. The maximum atomic E-state index is 13.6. The van der Waals surface area contributed by atoms with Crippen LogP contribution in [0.25, 0.3) is 0 Å². The highest BCUT2D eigenvalue weighted by molar-refractivity contribution is 8.14. The highest BCUT2D eigenvalue weighted by Gasteiger charge is 2.40. The first-order valence-electron chi connectivity index (χ1n) is 16.4. The molecule has 2 aliphatic heterocycles. The van der Waals surface area contributed by atoms with E-state index in [-0.39, 0.29) is 30.0 Å². The fourth-order valence-electron chi connectivity index (χ4n) is 6.27. The van der Waals surface area contributed by atoms with E-state index < -0.39 is 23.2 Å². The van der Waals surface area contributed by atoms with Gasteiger partial charge in [0.2, 0.25) is 6.29 Å². The van der Waals surface area contributed by atoms with Crippen LogP contribution >= 0.6 is 11.8 Å². The Balaban J connectivity index is 1.22. The van der Waals surface area contributed by atoms with Gasteiger partial charge >= 0.3 is 17.9 Å². The van der Waals surface area contributed by atoms with Gasteiger partial charge in [0.25, 0.3) is 5.24 Å². The second kappa shape index (κ2) is 15.3. The van der Waals surface area contributed by atoms with E-state index in [1.165, 1.54) is 18.7 Å². The SMILES string of the molecule is CC(=O)Oc1c(C)c(C)c2c(c1C)CCC(C)(SC(=O)N1CCC(C(OC(=O)Cc3ccccc3)OC(=O)Cc3ccccc3)CC1)O2. The number of hydrogen-bond acceptors (Lipinski definition) is 9. The predicted octanol–water partition coefficient (Wildman–Crippen LogP) is 7.04. The van der Waals surface area contributed by atoms with Crippen molar-refractivity contribution in [1.82, 2.24) is 4.90 Å². The molecule has 1 saturated heterocycles.